The average molecular weight is 354 g/mol. The second kappa shape index (κ2) is 7.12. The van der Waals surface area contributed by atoms with Crippen LogP contribution in [0.25, 0.3) is 0 Å². The standard InChI is InChI=1S/C16H16ClNO4S/c1-11-4-2-3-5-15(11)23(21,22)18-9-8-12-6-7-13(16(19)20)14(17)10-12/h2-7,10,18H,8-9H2,1H3,(H,19,20). The maximum absolute atomic E-state index is 12.2. The Balaban J connectivity index is 2.04. The average Bonchev–Trinajstić information content (AvgIpc) is 2.47. The topological polar surface area (TPSA) is 83.5 Å². The number of aromatic carboxylic acids is 1. The third-order valence-corrected chi connectivity index (χ3v) is 5.29. The van der Waals surface area contributed by atoms with Gasteiger partial charge in [0, 0.05) is 6.54 Å². The Labute approximate surface area is 140 Å². The molecule has 0 unspecified atom stereocenters. The van der Waals surface area contributed by atoms with Gasteiger partial charge in [0.15, 0.2) is 0 Å². The smallest absolute Gasteiger partial charge is 0.337 e. The van der Waals surface area contributed by atoms with Gasteiger partial charge in [-0.15, -0.1) is 0 Å². The lowest BCUT2D eigenvalue weighted by atomic mass is 10.1. The summed E-state index contributed by atoms with van der Waals surface area (Å²) in [7, 11) is -3.57. The fourth-order valence-corrected chi connectivity index (χ4v) is 3.71. The molecule has 2 aromatic carbocycles. The van der Waals surface area contributed by atoms with Crippen LogP contribution in [0.3, 0.4) is 0 Å². The minimum atomic E-state index is -3.57. The Hall–Kier alpha value is -1.89. The highest BCUT2D eigenvalue weighted by Gasteiger charge is 2.15. The minimum Gasteiger partial charge on any atom is -0.478 e. The Kier molecular flexibility index (Phi) is 5.41. The van der Waals surface area contributed by atoms with Crippen molar-refractivity contribution in [2.45, 2.75) is 18.2 Å². The molecule has 2 rings (SSSR count). The summed E-state index contributed by atoms with van der Waals surface area (Å²) in [5, 5.41) is 9.05. The summed E-state index contributed by atoms with van der Waals surface area (Å²) in [5.74, 6) is -1.10. The van der Waals surface area contributed by atoms with Crippen LogP contribution in [0.4, 0.5) is 0 Å². The van der Waals surface area contributed by atoms with Crippen molar-refractivity contribution in [1.29, 1.82) is 0 Å². The summed E-state index contributed by atoms with van der Waals surface area (Å²) >= 11 is 5.89. The molecule has 0 aliphatic carbocycles. The molecule has 0 amide bonds. The molecule has 0 aliphatic heterocycles. The van der Waals surface area contributed by atoms with Crippen LogP contribution < -0.4 is 4.72 Å². The largest absolute Gasteiger partial charge is 0.478 e. The number of carboxylic acids is 1. The lowest BCUT2D eigenvalue weighted by Crippen LogP contribution is -2.26. The van der Waals surface area contributed by atoms with Gasteiger partial charge in [-0.2, -0.15) is 0 Å². The van der Waals surface area contributed by atoms with Gasteiger partial charge in [0.05, 0.1) is 15.5 Å². The third-order valence-electron chi connectivity index (χ3n) is 3.35. The van der Waals surface area contributed by atoms with E-state index in [9.17, 15) is 13.2 Å². The van der Waals surface area contributed by atoms with Crippen molar-refractivity contribution in [3.63, 3.8) is 0 Å². The van der Waals surface area contributed by atoms with E-state index in [0.717, 1.165) is 5.56 Å². The van der Waals surface area contributed by atoms with Crippen LogP contribution in [0.1, 0.15) is 21.5 Å². The summed E-state index contributed by atoms with van der Waals surface area (Å²) < 4.78 is 27.0. The maximum Gasteiger partial charge on any atom is 0.337 e. The predicted octanol–water partition coefficient (Wildman–Crippen LogP) is 2.87. The summed E-state index contributed by atoms with van der Waals surface area (Å²) in [5.41, 5.74) is 1.46. The van der Waals surface area contributed by atoms with Gasteiger partial charge in [-0.05, 0) is 42.7 Å². The summed E-state index contributed by atoms with van der Waals surface area (Å²) in [4.78, 5) is 11.1. The third kappa shape index (κ3) is 4.31. The number of benzene rings is 2. The van der Waals surface area contributed by atoms with Gasteiger partial charge >= 0.3 is 5.97 Å². The van der Waals surface area contributed by atoms with E-state index in [1.54, 1.807) is 37.3 Å². The molecule has 0 spiro atoms. The molecule has 0 fully saturated rings. The van der Waals surface area contributed by atoms with Gasteiger partial charge in [-0.3, -0.25) is 0 Å². The van der Waals surface area contributed by atoms with Crippen molar-refractivity contribution in [3.8, 4) is 0 Å². The molecular formula is C16H16ClNO4S. The molecule has 0 radical (unpaired) electrons. The Bertz CT molecular complexity index is 834. The van der Waals surface area contributed by atoms with E-state index >= 15 is 0 Å². The predicted molar refractivity (Wildman–Crippen MR) is 88.5 cm³/mol. The number of hydrogen-bond acceptors (Lipinski definition) is 3. The number of carbonyl (C=O) groups is 1. The zero-order valence-electron chi connectivity index (χ0n) is 12.4. The number of aryl methyl sites for hydroxylation is 1. The number of halogens is 1. The maximum atomic E-state index is 12.2. The number of rotatable bonds is 6. The van der Waals surface area contributed by atoms with Crippen molar-refractivity contribution < 1.29 is 18.3 Å². The first-order chi connectivity index (χ1) is 10.8. The molecule has 122 valence electrons. The molecule has 0 saturated heterocycles. The molecule has 0 atom stereocenters. The molecule has 0 aliphatic rings. The van der Waals surface area contributed by atoms with Crippen LogP contribution in [-0.2, 0) is 16.4 Å². The van der Waals surface area contributed by atoms with Gasteiger partial charge in [0.25, 0.3) is 0 Å². The zero-order valence-corrected chi connectivity index (χ0v) is 14.0. The number of sulfonamides is 1. The molecule has 2 aromatic rings. The van der Waals surface area contributed by atoms with Crippen molar-refractivity contribution in [2.24, 2.45) is 0 Å². The second-order valence-corrected chi connectivity index (χ2v) is 7.18. The molecule has 0 bridgehead atoms. The Morgan fingerprint density at radius 3 is 2.52 bits per heavy atom. The molecule has 23 heavy (non-hydrogen) atoms. The number of nitrogens with one attached hydrogen (secondary N) is 1. The van der Waals surface area contributed by atoms with E-state index in [2.05, 4.69) is 4.72 Å². The van der Waals surface area contributed by atoms with Crippen LogP contribution in [0.2, 0.25) is 5.02 Å². The first-order valence-corrected chi connectivity index (χ1v) is 8.74. The molecule has 0 saturated carbocycles. The lowest BCUT2D eigenvalue weighted by molar-refractivity contribution is 0.0697. The normalized spacial score (nSPS) is 11.4. The van der Waals surface area contributed by atoms with Crippen LogP contribution >= 0.6 is 11.6 Å². The molecule has 5 nitrogen and oxygen atoms in total. The van der Waals surface area contributed by atoms with Crippen molar-refractivity contribution in [2.75, 3.05) is 6.54 Å². The van der Waals surface area contributed by atoms with Crippen LogP contribution in [0, 0.1) is 6.92 Å². The molecular weight excluding hydrogens is 338 g/mol. The van der Waals surface area contributed by atoms with Crippen molar-refractivity contribution in [1.82, 2.24) is 4.72 Å². The Morgan fingerprint density at radius 2 is 1.91 bits per heavy atom. The van der Waals surface area contributed by atoms with Crippen molar-refractivity contribution >= 4 is 27.6 Å². The quantitative estimate of drug-likeness (QED) is 0.836. The van der Waals surface area contributed by atoms with E-state index in [1.165, 1.54) is 12.1 Å². The van der Waals surface area contributed by atoms with Crippen LogP contribution in [0.5, 0.6) is 0 Å². The molecule has 0 heterocycles. The van der Waals surface area contributed by atoms with E-state index < -0.39 is 16.0 Å². The SMILES string of the molecule is Cc1ccccc1S(=O)(=O)NCCc1ccc(C(=O)O)c(Cl)c1. The van der Waals surface area contributed by atoms with E-state index in [0.29, 0.717) is 12.0 Å². The molecule has 2 N–H and O–H groups in total. The highest BCUT2D eigenvalue weighted by Crippen LogP contribution is 2.18. The van der Waals surface area contributed by atoms with E-state index in [4.69, 9.17) is 16.7 Å². The zero-order chi connectivity index (χ0) is 17.0. The highest BCUT2D eigenvalue weighted by atomic mass is 35.5. The first-order valence-electron chi connectivity index (χ1n) is 6.88. The monoisotopic (exact) mass is 353 g/mol. The van der Waals surface area contributed by atoms with Crippen LogP contribution in [0.15, 0.2) is 47.4 Å². The fourth-order valence-electron chi connectivity index (χ4n) is 2.15. The van der Waals surface area contributed by atoms with Gasteiger partial charge in [-0.1, -0.05) is 35.9 Å². The number of hydrogen-bond donors (Lipinski definition) is 2. The molecule has 0 aromatic heterocycles. The van der Waals surface area contributed by atoms with Crippen molar-refractivity contribution in [3.05, 3.63) is 64.2 Å². The minimum absolute atomic E-state index is 0.0240. The van der Waals surface area contributed by atoms with Gasteiger partial charge in [-0.25, -0.2) is 17.9 Å². The highest BCUT2D eigenvalue weighted by molar-refractivity contribution is 7.89. The summed E-state index contributed by atoms with van der Waals surface area (Å²) in [6.07, 6.45) is 0.407. The second-order valence-electron chi connectivity index (χ2n) is 5.03. The van der Waals surface area contributed by atoms with E-state index in [1.807, 2.05) is 0 Å². The van der Waals surface area contributed by atoms with Gasteiger partial charge in [0.2, 0.25) is 10.0 Å². The van der Waals surface area contributed by atoms with E-state index in [-0.39, 0.29) is 22.0 Å². The summed E-state index contributed by atoms with van der Waals surface area (Å²) in [6.45, 7) is 1.93. The molecule has 7 heteroatoms. The summed E-state index contributed by atoms with van der Waals surface area (Å²) in [6, 6.07) is 11.3. The lowest BCUT2D eigenvalue weighted by Gasteiger charge is -2.09. The van der Waals surface area contributed by atoms with Gasteiger partial charge in [0.1, 0.15) is 0 Å². The van der Waals surface area contributed by atoms with Crippen LogP contribution in [-0.4, -0.2) is 26.0 Å². The first kappa shape index (κ1) is 17.5. The Morgan fingerprint density at radius 1 is 1.22 bits per heavy atom. The van der Waals surface area contributed by atoms with Gasteiger partial charge < -0.3 is 5.11 Å². The fraction of sp³-hybridized carbons (Fsp3) is 0.188. The number of carboxylic acid groups (broad SMARTS) is 1.